The first-order valence-corrected chi connectivity index (χ1v) is 59.9. The fourth-order valence-electron chi connectivity index (χ4n) is 16.2. The Morgan fingerprint density at radius 3 is 1.13 bits per heavy atom. The Kier molecular flexibility index (Phi) is 50.5. The molecule has 0 saturated heterocycles. The molecule has 15 aromatic rings. The lowest BCUT2D eigenvalue weighted by Gasteiger charge is -2.11. The van der Waals surface area contributed by atoms with Crippen molar-refractivity contribution in [1.82, 2.24) is 0 Å². The molecular formula is C124H174N9S9+9. The molecule has 1 aliphatic rings. The van der Waals surface area contributed by atoms with E-state index in [4.69, 9.17) is 0 Å². The Morgan fingerprint density at radius 1 is 0.204 bits per heavy atom. The van der Waals surface area contributed by atoms with Crippen LogP contribution in [-0.2, 0) is 19.9 Å². The number of nitrogens with zero attached hydrogens (tertiary/aromatic N) is 9. The van der Waals surface area contributed by atoms with Gasteiger partial charge in [-0.1, -0.05) is 185 Å². The summed E-state index contributed by atoms with van der Waals surface area (Å²) in [5.41, 5.74) is 7.19. The molecule has 0 aliphatic heterocycles. The molecule has 760 valence electrons. The first-order valence-electron chi connectivity index (χ1n) is 52.0. The van der Waals surface area contributed by atoms with Crippen molar-refractivity contribution in [3.8, 4) is 0 Å². The standard InChI is InChI=1S/5C15H20NS.C14H22NS.C13H16NS.2C11H18NS/c1-11(2)16-10-6-7-13-14(16)8-5-9-15(13)17-12(3)4;1-11(2)16-10-6-8-13-7-5-9-14(15(13)16)17-12(3)4;1-11(2)16-9-8-14-13(10-16)6-5-7-15(14)17-12(3)4;1-11(2)16-9-8-13-6-5-7-15(14(13)10-16)17-12(3)4;1-11(2)16-9-13-7-5-6-8-14(13)15(10-16)17-12(3)4;1-10(2)15-9-8-14(16-11(3)4)12-6-5-7-13(12)15;1-10(2)15-13-8-9-14(3)12-7-5-4-6-11(12)13;1-9(2)12-7-5-11(6-8-12)13-10(3)4;1-9(2)12-7-5-6-11(8-12)13-10(3)4/h5*5-12H,1-4H3;8-11H,5-7H2,1-4H3;4-10H,1-3H3;2*5-10H,1-4H3/q9*+1. The third-order valence-electron chi connectivity index (χ3n) is 22.8. The number of pyridine rings is 9. The lowest BCUT2D eigenvalue weighted by Crippen LogP contribution is -2.40. The van der Waals surface area contributed by atoms with E-state index in [1.165, 1.54) is 128 Å². The van der Waals surface area contributed by atoms with Crippen molar-refractivity contribution in [3.63, 3.8) is 0 Å². The summed E-state index contributed by atoms with van der Waals surface area (Å²) in [5.74, 6) is 0. The van der Waals surface area contributed by atoms with Gasteiger partial charge in [0.2, 0.25) is 16.6 Å². The predicted octanol–water partition coefficient (Wildman–Crippen LogP) is 33.9. The molecule has 0 radical (unpaired) electrons. The average Bonchev–Trinajstić information content (AvgIpc) is 1.58. The van der Waals surface area contributed by atoms with Gasteiger partial charge in [-0.25, -0.2) is 32.0 Å². The molecule has 0 amide bonds. The van der Waals surface area contributed by atoms with Gasteiger partial charge in [-0.05, 0) is 196 Å². The van der Waals surface area contributed by atoms with Crippen LogP contribution < -0.4 is 41.1 Å². The maximum Gasteiger partial charge on any atom is 0.226 e. The van der Waals surface area contributed by atoms with Gasteiger partial charge < -0.3 is 0 Å². The number of hydrogen-bond acceptors (Lipinski definition) is 9. The molecular weight excluding hydrogens is 1900 g/mol. The Morgan fingerprint density at radius 2 is 0.577 bits per heavy atom. The normalized spacial score (nSPS) is 11.9. The summed E-state index contributed by atoms with van der Waals surface area (Å²) < 4.78 is 20.6. The average molecular weight is 2080 g/mol. The summed E-state index contributed by atoms with van der Waals surface area (Å²) >= 11 is 17.4. The van der Waals surface area contributed by atoms with Crippen LogP contribution in [-0.4, -0.2) is 47.2 Å². The smallest absolute Gasteiger partial charge is 0.203 e. The summed E-state index contributed by atoms with van der Waals surface area (Å²) in [6, 6.07) is 74.0. The van der Waals surface area contributed by atoms with Gasteiger partial charge in [0.15, 0.2) is 141 Å². The SMILES string of the molecule is CC(C)Sc1c[n+](C(C)C)cc2ccccc12.CC(C)Sc1cc[n+](C(C)C)c2c1CCC2.CC(C)Sc1cc[n+](C(C)C)cc1.CC(C)Sc1cc[n+](C)c2ccccc12.CC(C)Sc1ccc[n+](C(C)C)c1.CC(C)Sc1cccc2c1ccc[n+]2C(C)C.CC(C)Sc1cccc2c[n+](C(C)C)ccc12.CC(C)Sc1cccc2cc[n+](C(C)C)cc12.CC(C)Sc1cccc2ccc[n+](C(C)C)c12. The zero-order valence-corrected chi connectivity index (χ0v) is 100. The minimum atomic E-state index is 0.493. The molecule has 0 N–H and O–H groups in total. The third-order valence-corrected chi connectivity index (χ3v) is 32.3. The first kappa shape index (κ1) is 120. The second-order valence-electron chi connectivity index (χ2n) is 41.1. The van der Waals surface area contributed by atoms with Crippen molar-refractivity contribution in [3.05, 3.63) is 292 Å². The van der Waals surface area contributed by atoms with Crippen LogP contribution >= 0.6 is 106 Å². The van der Waals surface area contributed by atoms with E-state index >= 15 is 0 Å². The molecule has 9 aromatic heterocycles. The number of benzene rings is 6. The lowest BCUT2D eigenvalue weighted by atomic mass is 10.2. The third kappa shape index (κ3) is 38.3. The van der Waals surface area contributed by atoms with E-state index in [2.05, 4.69) is 564 Å². The van der Waals surface area contributed by atoms with Gasteiger partial charge in [0.25, 0.3) is 0 Å². The van der Waals surface area contributed by atoms with Gasteiger partial charge in [0, 0.05) is 182 Å². The summed E-state index contributed by atoms with van der Waals surface area (Å²) in [7, 11) is 2.09. The lowest BCUT2D eigenvalue weighted by molar-refractivity contribution is -0.723. The molecule has 0 bridgehead atoms. The maximum atomic E-state index is 2.45. The highest BCUT2D eigenvalue weighted by Gasteiger charge is 2.28. The number of thioether (sulfide) groups is 9. The molecule has 142 heavy (non-hydrogen) atoms. The van der Waals surface area contributed by atoms with Crippen molar-refractivity contribution in [2.24, 2.45) is 7.05 Å². The number of para-hydroxylation sites is 2. The molecule has 6 aromatic carbocycles. The zero-order chi connectivity index (χ0) is 104. The van der Waals surface area contributed by atoms with E-state index in [1.54, 1.807) is 11.3 Å². The molecule has 0 spiro atoms. The van der Waals surface area contributed by atoms with Crippen LogP contribution in [0.25, 0.3) is 65.0 Å². The highest BCUT2D eigenvalue weighted by Crippen LogP contribution is 2.38. The molecule has 0 unspecified atom stereocenters. The van der Waals surface area contributed by atoms with Crippen molar-refractivity contribution in [1.29, 1.82) is 0 Å². The van der Waals surface area contributed by atoms with E-state index < -0.39 is 0 Å². The molecule has 1 aliphatic carbocycles. The van der Waals surface area contributed by atoms with Crippen LogP contribution in [0.2, 0.25) is 0 Å². The van der Waals surface area contributed by atoms with E-state index in [0.29, 0.717) is 95.6 Å². The van der Waals surface area contributed by atoms with Crippen LogP contribution in [0.4, 0.5) is 0 Å². The second-order valence-corrected chi connectivity index (χ2v) is 55.7. The van der Waals surface area contributed by atoms with Crippen molar-refractivity contribution < 1.29 is 41.1 Å². The number of rotatable bonds is 26. The Balaban J connectivity index is 0.000000196. The molecule has 9 heterocycles. The highest BCUT2D eigenvalue weighted by molar-refractivity contribution is 8.02. The second kappa shape index (κ2) is 60.0. The molecule has 16 rings (SSSR count). The molecule has 0 saturated carbocycles. The number of hydrogen-bond donors (Lipinski definition) is 0. The van der Waals surface area contributed by atoms with Gasteiger partial charge in [-0.15, -0.1) is 106 Å². The van der Waals surface area contributed by atoms with Gasteiger partial charge in [-0.3, -0.25) is 0 Å². The number of fused-ring (bicyclic) bond motifs is 7. The quantitative estimate of drug-likeness (QED) is 0.0389. The summed E-state index contributed by atoms with van der Waals surface area (Å²) in [6.45, 7) is 75.8. The minimum Gasteiger partial charge on any atom is -0.203 e. The fourth-order valence-corrected chi connectivity index (χ4v) is 24.7. The van der Waals surface area contributed by atoms with E-state index in [9.17, 15) is 0 Å². The first-order chi connectivity index (χ1) is 67.4. The topological polar surface area (TPSA) is 34.9 Å². The Hall–Kier alpha value is -7.62. The fraction of sp³-hybridized carbons (Fsp3) is 0.444. The van der Waals surface area contributed by atoms with Gasteiger partial charge in [-0.2, -0.15) is 9.13 Å². The van der Waals surface area contributed by atoms with Gasteiger partial charge >= 0.3 is 0 Å². The molecule has 0 atom stereocenters. The Labute approximate surface area is 897 Å². The van der Waals surface area contributed by atoms with Crippen LogP contribution in [0, 0.1) is 0 Å². The zero-order valence-electron chi connectivity index (χ0n) is 92.7. The van der Waals surface area contributed by atoms with Gasteiger partial charge in [0.1, 0.15) is 7.05 Å². The minimum absolute atomic E-state index is 0.493. The van der Waals surface area contributed by atoms with Gasteiger partial charge in [0.05, 0.1) is 30.8 Å². The monoisotopic (exact) mass is 2080 g/mol. The molecule has 0 fully saturated rings. The number of aryl methyl sites for hydroxylation is 1. The van der Waals surface area contributed by atoms with Crippen LogP contribution in [0.5, 0.6) is 0 Å². The Bertz CT molecular complexity index is 6320. The summed E-state index contributed by atoms with van der Waals surface area (Å²) in [6.07, 6.45) is 34.6. The van der Waals surface area contributed by atoms with Crippen molar-refractivity contribution in [2.45, 2.75) is 394 Å². The largest absolute Gasteiger partial charge is 0.226 e. The van der Waals surface area contributed by atoms with Crippen LogP contribution in [0.15, 0.2) is 325 Å². The summed E-state index contributed by atoms with van der Waals surface area (Å²) in [5, 5.41) is 17.8. The highest BCUT2D eigenvalue weighted by atomic mass is 32.2. The number of aromatic nitrogens is 9. The van der Waals surface area contributed by atoms with Crippen LogP contribution in [0.3, 0.4) is 0 Å². The van der Waals surface area contributed by atoms with Crippen molar-refractivity contribution in [2.75, 3.05) is 0 Å². The van der Waals surface area contributed by atoms with E-state index in [-0.39, 0.29) is 0 Å². The molecule has 9 nitrogen and oxygen atoms in total. The van der Waals surface area contributed by atoms with Crippen LogP contribution in [0.1, 0.15) is 301 Å². The van der Waals surface area contributed by atoms with Crippen molar-refractivity contribution >= 4 is 171 Å². The van der Waals surface area contributed by atoms with E-state index in [1.807, 2.05) is 106 Å². The van der Waals surface area contributed by atoms with E-state index in [0.717, 1.165) is 0 Å². The molecule has 18 heteroatoms. The summed E-state index contributed by atoms with van der Waals surface area (Å²) in [4.78, 5) is 12.5. The predicted molar refractivity (Wildman–Crippen MR) is 630 cm³/mol. The maximum absolute atomic E-state index is 2.45.